The molecule has 7 nitrogen and oxygen atoms in total. The Hall–Kier alpha value is -2.61. The van der Waals surface area contributed by atoms with Crippen molar-refractivity contribution in [3.8, 4) is 0 Å². The van der Waals surface area contributed by atoms with E-state index in [0.717, 1.165) is 23.2 Å². The van der Waals surface area contributed by atoms with Gasteiger partial charge >= 0.3 is 5.97 Å². The van der Waals surface area contributed by atoms with E-state index in [2.05, 4.69) is 0 Å². The second kappa shape index (κ2) is 6.84. The Kier molecular flexibility index (Phi) is 4.86. The highest BCUT2D eigenvalue weighted by Crippen LogP contribution is 2.30. The van der Waals surface area contributed by atoms with Crippen LogP contribution in [0.4, 0.5) is 5.69 Å². The maximum absolute atomic E-state index is 12.3. The molecule has 1 aromatic heterocycles. The van der Waals surface area contributed by atoms with Crippen LogP contribution in [-0.4, -0.2) is 44.1 Å². The van der Waals surface area contributed by atoms with Gasteiger partial charge in [0.05, 0.1) is 17.5 Å². The van der Waals surface area contributed by atoms with Gasteiger partial charge in [0.25, 0.3) is 0 Å². The zero-order valence-corrected chi connectivity index (χ0v) is 16.6. The number of benzene rings is 1. The monoisotopic (exact) mass is 390 g/mol. The summed E-state index contributed by atoms with van der Waals surface area (Å²) < 4.78 is 32.0. The van der Waals surface area contributed by atoms with Crippen LogP contribution in [0.3, 0.4) is 0 Å². The van der Waals surface area contributed by atoms with Crippen LogP contribution in [0, 0.1) is 13.8 Å². The normalized spacial score (nSPS) is 13.6. The van der Waals surface area contributed by atoms with E-state index in [0.29, 0.717) is 29.8 Å². The van der Waals surface area contributed by atoms with Crippen LogP contribution in [0.5, 0.6) is 0 Å². The van der Waals surface area contributed by atoms with Gasteiger partial charge in [0.1, 0.15) is 0 Å². The first-order valence-corrected chi connectivity index (χ1v) is 10.4. The van der Waals surface area contributed by atoms with Crippen LogP contribution in [0.25, 0.3) is 0 Å². The molecule has 0 bridgehead atoms. The van der Waals surface area contributed by atoms with Crippen molar-refractivity contribution in [2.45, 2.75) is 20.3 Å². The minimum absolute atomic E-state index is 0.256. The molecule has 1 aliphatic heterocycles. The molecule has 1 aliphatic rings. The lowest BCUT2D eigenvalue weighted by molar-refractivity contribution is 0.0474. The van der Waals surface area contributed by atoms with Crippen LogP contribution in [-0.2, 0) is 28.2 Å². The molecule has 0 amide bonds. The van der Waals surface area contributed by atoms with Crippen molar-refractivity contribution in [1.82, 2.24) is 4.57 Å². The molecule has 0 atom stereocenters. The fourth-order valence-electron chi connectivity index (χ4n) is 3.27. The first-order chi connectivity index (χ1) is 12.6. The second-order valence-electron chi connectivity index (χ2n) is 6.77. The lowest BCUT2D eigenvalue weighted by Crippen LogP contribution is -2.27. The van der Waals surface area contributed by atoms with Crippen LogP contribution < -0.4 is 4.31 Å². The van der Waals surface area contributed by atoms with Gasteiger partial charge in [-0.2, -0.15) is 0 Å². The predicted molar refractivity (Wildman–Crippen MR) is 102 cm³/mol. The topological polar surface area (TPSA) is 85.7 Å². The molecule has 0 spiro atoms. The van der Waals surface area contributed by atoms with Gasteiger partial charge in [-0.3, -0.25) is 9.10 Å². The molecule has 1 aromatic carbocycles. The van der Waals surface area contributed by atoms with Crippen molar-refractivity contribution < 1.29 is 22.7 Å². The lowest BCUT2D eigenvalue weighted by atomic mass is 10.1. The van der Waals surface area contributed by atoms with Crippen molar-refractivity contribution in [2.75, 3.05) is 23.7 Å². The summed E-state index contributed by atoms with van der Waals surface area (Å²) >= 11 is 0. The number of ether oxygens (including phenoxy) is 1. The first-order valence-electron chi connectivity index (χ1n) is 8.53. The van der Waals surface area contributed by atoms with Crippen molar-refractivity contribution in [3.63, 3.8) is 0 Å². The summed E-state index contributed by atoms with van der Waals surface area (Å²) in [5.74, 6) is -0.858. The Morgan fingerprint density at radius 2 is 1.89 bits per heavy atom. The summed E-state index contributed by atoms with van der Waals surface area (Å²) in [6.45, 7) is 3.77. The van der Waals surface area contributed by atoms with Gasteiger partial charge in [-0.05, 0) is 50.1 Å². The lowest BCUT2D eigenvalue weighted by Gasteiger charge is -2.16. The third kappa shape index (κ3) is 3.62. The Bertz CT molecular complexity index is 1040. The number of hydrogen-bond acceptors (Lipinski definition) is 5. The van der Waals surface area contributed by atoms with E-state index in [4.69, 9.17) is 4.74 Å². The standard InChI is InChI=1S/C19H22N2O5S/c1-12-9-16(13(2)20(12)3)18(22)11-26-19(23)15-5-6-17-14(10-15)7-8-21(17)27(4,24)25/h5-6,9-10H,7-8,11H2,1-4H3. The summed E-state index contributed by atoms with van der Waals surface area (Å²) in [6, 6.07) is 6.53. The number of anilines is 1. The molecule has 2 heterocycles. The largest absolute Gasteiger partial charge is 0.454 e. The maximum Gasteiger partial charge on any atom is 0.338 e. The van der Waals surface area contributed by atoms with E-state index in [9.17, 15) is 18.0 Å². The fraction of sp³-hybridized carbons (Fsp3) is 0.368. The number of esters is 1. The van der Waals surface area contributed by atoms with Crippen molar-refractivity contribution >= 4 is 27.5 Å². The van der Waals surface area contributed by atoms with Crippen LogP contribution in [0.1, 0.15) is 37.7 Å². The Balaban J connectivity index is 1.71. The van der Waals surface area contributed by atoms with E-state index in [1.807, 2.05) is 25.5 Å². The Morgan fingerprint density at radius 3 is 2.48 bits per heavy atom. The van der Waals surface area contributed by atoms with E-state index < -0.39 is 16.0 Å². The molecule has 0 saturated heterocycles. The van der Waals surface area contributed by atoms with Crippen LogP contribution in [0.2, 0.25) is 0 Å². The molecule has 27 heavy (non-hydrogen) atoms. The number of hydrogen-bond donors (Lipinski definition) is 0. The number of aromatic nitrogens is 1. The molecule has 0 aliphatic carbocycles. The van der Waals surface area contributed by atoms with Gasteiger partial charge in [-0.1, -0.05) is 0 Å². The van der Waals surface area contributed by atoms with E-state index in [1.165, 1.54) is 10.4 Å². The number of ketones is 1. The number of carbonyl (C=O) groups excluding carboxylic acids is 2. The average Bonchev–Trinajstić information content (AvgIpc) is 3.15. The number of aryl methyl sites for hydroxylation is 1. The zero-order valence-electron chi connectivity index (χ0n) is 15.8. The molecular formula is C19H22N2O5S. The molecule has 2 aromatic rings. The van der Waals surface area contributed by atoms with Gasteiger partial charge in [0.15, 0.2) is 6.61 Å². The SMILES string of the molecule is Cc1cc(C(=O)COC(=O)c2ccc3c(c2)CCN3S(C)(=O)=O)c(C)n1C. The smallest absolute Gasteiger partial charge is 0.338 e. The number of nitrogens with zero attached hydrogens (tertiary/aromatic N) is 2. The molecule has 0 fully saturated rings. The van der Waals surface area contributed by atoms with Gasteiger partial charge in [0.2, 0.25) is 15.8 Å². The molecule has 0 saturated carbocycles. The Labute approximate surface area is 158 Å². The van der Waals surface area contributed by atoms with E-state index >= 15 is 0 Å². The number of carbonyl (C=O) groups is 2. The molecule has 0 N–H and O–H groups in total. The van der Waals surface area contributed by atoms with Crippen molar-refractivity contribution in [1.29, 1.82) is 0 Å². The van der Waals surface area contributed by atoms with Gasteiger partial charge in [-0.15, -0.1) is 0 Å². The second-order valence-corrected chi connectivity index (χ2v) is 8.68. The Morgan fingerprint density at radius 1 is 1.19 bits per heavy atom. The molecule has 3 rings (SSSR count). The third-order valence-corrected chi connectivity index (χ3v) is 6.16. The summed E-state index contributed by atoms with van der Waals surface area (Å²) in [7, 11) is -1.46. The van der Waals surface area contributed by atoms with Gasteiger partial charge in [0, 0.05) is 30.5 Å². The quantitative estimate of drug-likeness (QED) is 0.576. The molecule has 0 radical (unpaired) electrons. The zero-order chi connectivity index (χ0) is 19.9. The first kappa shape index (κ1) is 19.2. The van der Waals surface area contributed by atoms with Crippen LogP contribution >= 0.6 is 0 Å². The third-order valence-electron chi connectivity index (χ3n) is 4.98. The minimum atomic E-state index is -3.34. The number of sulfonamides is 1. The fourth-order valence-corrected chi connectivity index (χ4v) is 4.23. The number of fused-ring (bicyclic) bond motifs is 1. The van der Waals surface area contributed by atoms with E-state index in [1.54, 1.807) is 18.2 Å². The minimum Gasteiger partial charge on any atom is -0.454 e. The highest BCUT2D eigenvalue weighted by atomic mass is 32.2. The predicted octanol–water partition coefficient (Wildman–Crippen LogP) is 2.00. The van der Waals surface area contributed by atoms with Crippen molar-refractivity contribution in [2.24, 2.45) is 7.05 Å². The summed E-state index contributed by atoms with van der Waals surface area (Å²) in [4.78, 5) is 24.6. The van der Waals surface area contributed by atoms with E-state index in [-0.39, 0.29) is 12.4 Å². The summed E-state index contributed by atoms with van der Waals surface area (Å²) in [5, 5.41) is 0. The molecule has 8 heteroatoms. The molecular weight excluding hydrogens is 368 g/mol. The van der Waals surface area contributed by atoms with Gasteiger partial charge in [-0.25, -0.2) is 13.2 Å². The van der Waals surface area contributed by atoms with Crippen LogP contribution in [0.15, 0.2) is 24.3 Å². The number of Topliss-reactive ketones (excluding diaryl/α,β-unsaturated/α-hetero) is 1. The maximum atomic E-state index is 12.3. The highest BCUT2D eigenvalue weighted by molar-refractivity contribution is 7.92. The summed E-state index contributed by atoms with van der Waals surface area (Å²) in [6.07, 6.45) is 1.69. The molecule has 144 valence electrons. The molecule has 0 unspecified atom stereocenters. The summed E-state index contributed by atoms with van der Waals surface area (Å²) in [5.41, 5.74) is 3.98. The number of rotatable bonds is 5. The van der Waals surface area contributed by atoms with Gasteiger partial charge < -0.3 is 9.30 Å². The van der Waals surface area contributed by atoms with Crippen molar-refractivity contribution in [3.05, 3.63) is 52.3 Å². The average molecular weight is 390 g/mol. The highest BCUT2D eigenvalue weighted by Gasteiger charge is 2.27.